The van der Waals surface area contributed by atoms with E-state index in [2.05, 4.69) is 4.99 Å². The fourth-order valence-corrected chi connectivity index (χ4v) is 6.29. The molecule has 0 radical (unpaired) electrons. The SMILES string of the molecule is CCOC(=O)C1=C(C)N=c2s/c(=C\c3cc(Cl)c(OCc4cccc(Cl)c4)c(OC)c3)c(=O)n2[C@H]1c1ccc(C)cc1. The van der Waals surface area contributed by atoms with Crippen LogP contribution >= 0.6 is 34.5 Å². The van der Waals surface area contributed by atoms with Crippen molar-refractivity contribution in [3.63, 3.8) is 0 Å². The number of ether oxygens (including phenoxy) is 3. The fourth-order valence-electron chi connectivity index (χ4n) is 4.75. The number of methoxy groups -OCH3 is 1. The Bertz CT molecular complexity index is 1880. The number of thiazole rings is 1. The molecule has 1 atom stereocenters. The zero-order valence-electron chi connectivity index (χ0n) is 23.4. The second kappa shape index (κ2) is 12.6. The summed E-state index contributed by atoms with van der Waals surface area (Å²) in [7, 11) is 1.52. The molecule has 5 rings (SSSR count). The number of allylic oxidation sites excluding steroid dienone is 1. The summed E-state index contributed by atoms with van der Waals surface area (Å²) in [5.41, 5.74) is 3.95. The predicted octanol–water partition coefficient (Wildman–Crippen LogP) is 6.00. The van der Waals surface area contributed by atoms with Crippen LogP contribution in [0.5, 0.6) is 11.5 Å². The maximum atomic E-state index is 13.9. The summed E-state index contributed by atoms with van der Waals surface area (Å²) >= 11 is 14.0. The number of aryl methyl sites for hydroxylation is 1. The summed E-state index contributed by atoms with van der Waals surface area (Å²) in [6.45, 7) is 5.95. The Kier molecular flexibility index (Phi) is 8.87. The summed E-state index contributed by atoms with van der Waals surface area (Å²) in [5.74, 6) is 0.303. The molecule has 4 aromatic rings. The molecule has 0 amide bonds. The Labute approximate surface area is 256 Å². The first-order chi connectivity index (χ1) is 20.2. The number of carbonyl (C=O) groups excluding carboxylic acids is 1. The Morgan fingerprint density at radius 2 is 1.86 bits per heavy atom. The van der Waals surface area contributed by atoms with Crippen LogP contribution in [-0.2, 0) is 16.1 Å². The second-order valence-electron chi connectivity index (χ2n) is 9.67. The minimum Gasteiger partial charge on any atom is -0.493 e. The molecule has 0 saturated carbocycles. The quantitative estimate of drug-likeness (QED) is 0.225. The van der Waals surface area contributed by atoms with Gasteiger partial charge < -0.3 is 14.2 Å². The van der Waals surface area contributed by atoms with E-state index in [0.29, 0.717) is 47.7 Å². The maximum Gasteiger partial charge on any atom is 0.338 e. The van der Waals surface area contributed by atoms with Crippen LogP contribution < -0.4 is 24.4 Å². The highest BCUT2D eigenvalue weighted by atomic mass is 35.5. The van der Waals surface area contributed by atoms with Gasteiger partial charge in [-0.1, -0.05) is 76.5 Å². The smallest absolute Gasteiger partial charge is 0.338 e. The molecule has 216 valence electrons. The summed E-state index contributed by atoms with van der Waals surface area (Å²) < 4.78 is 18.9. The lowest BCUT2D eigenvalue weighted by atomic mass is 9.95. The number of rotatable bonds is 8. The molecule has 7 nitrogen and oxygen atoms in total. The van der Waals surface area contributed by atoms with Gasteiger partial charge in [-0.15, -0.1) is 0 Å². The number of carbonyl (C=O) groups is 1. The largest absolute Gasteiger partial charge is 0.493 e. The first kappa shape index (κ1) is 29.6. The molecule has 0 fully saturated rings. The molecule has 0 spiro atoms. The van der Waals surface area contributed by atoms with E-state index in [1.165, 1.54) is 18.4 Å². The minimum absolute atomic E-state index is 0.210. The average molecular weight is 624 g/mol. The summed E-state index contributed by atoms with van der Waals surface area (Å²) in [5, 5.41) is 0.938. The van der Waals surface area contributed by atoms with Crippen molar-refractivity contribution in [3.05, 3.63) is 124 Å². The molecule has 2 heterocycles. The van der Waals surface area contributed by atoms with Crippen LogP contribution in [-0.4, -0.2) is 24.3 Å². The third-order valence-electron chi connectivity index (χ3n) is 6.73. The van der Waals surface area contributed by atoms with Crippen LogP contribution in [0, 0.1) is 6.92 Å². The lowest BCUT2D eigenvalue weighted by Crippen LogP contribution is -2.39. The third kappa shape index (κ3) is 6.02. The molecule has 0 unspecified atom stereocenters. The lowest BCUT2D eigenvalue weighted by Gasteiger charge is -2.24. The normalized spacial score (nSPS) is 14.8. The first-order valence-electron chi connectivity index (χ1n) is 13.2. The average Bonchev–Trinajstić information content (AvgIpc) is 3.26. The number of benzene rings is 3. The zero-order valence-corrected chi connectivity index (χ0v) is 25.8. The van der Waals surface area contributed by atoms with Gasteiger partial charge >= 0.3 is 5.97 Å². The minimum atomic E-state index is -0.677. The van der Waals surface area contributed by atoms with Gasteiger partial charge in [-0.2, -0.15) is 0 Å². The fraction of sp³-hybridized carbons (Fsp3) is 0.219. The first-order valence-corrected chi connectivity index (χ1v) is 14.8. The number of esters is 1. The lowest BCUT2D eigenvalue weighted by molar-refractivity contribution is -0.139. The van der Waals surface area contributed by atoms with E-state index in [9.17, 15) is 9.59 Å². The third-order valence-corrected chi connectivity index (χ3v) is 8.23. The van der Waals surface area contributed by atoms with Gasteiger partial charge in [0.25, 0.3) is 5.56 Å². The van der Waals surface area contributed by atoms with Crippen molar-refractivity contribution in [1.82, 2.24) is 4.57 Å². The topological polar surface area (TPSA) is 79.1 Å². The molecular weight excluding hydrogens is 595 g/mol. The Balaban J connectivity index is 1.57. The van der Waals surface area contributed by atoms with Crippen molar-refractivity contribution in [1.29, 1.82) is 0 Å². The van der Waals surface area contributed by atoms with Crippen molar-refractivity contribution >= 4 is 46.6 Å². The van der Waals surface area contributed by atoms with Crippen LogP contribution in [0.25, 0.3) is 6.08 Å². The van der Waals surface area contributed by atoms with E-state index in [-0.39, 0.29) is 18.8 Å². The van der Waals surface area contributed by atoms with Gasteiger partial charge in [0.15, 0.2) is 16.3 Å². The number of hydrogen-bond donors (Lipinski definition) is 0. The summed E-state index contributed by atoms with van der Waals surface area (Å²) in [6, 6.07) is 17.9. The van der Waals surface area contributed by atoms with E-state index >= 15 is 0 Å². The Morgan fingerprint density at radius 1 is 1.10 bits per heavy atom. The molecule has 3 aromatic carbocycles. The molecule has 0 saturated heterocycles. The van der Waals surface area contributed by atoms with E-state index in [0.717, 1.165) is 16.7 Å². The highest BCUT2D eigenvalue weighted by molar-refractivity contribution is 7.07. The van der Waals surface area contributed by atoms with Gasteiger partial charge in [0.1, 0.15) is 6.61 Å². The molecule has 0 N–H and O–H groups in total. The van der Waals surface area contributed by atoms with Crippen LogP contribution in [0.3, 0.4) is 0 Å². The van der Waals surface area contributed by atoms with Gasteiger partial charge in [0, 0.05) is 5.02 Å². The number of hydrogen-bond acceptors (Lipinski definition) is 7. The van der Waals surface area contributed by atoms with E-state index in [1.807, 2.05) is 49.4 Å². The zero-order chi connectivity index (χ0) is 30.0. The van der Waals surface area contributed by atoms with Crippen molar-refractivity contribution < 1.29 is 19.0 Å². The molecule has 0 aliphatic carbocycles. The number of nitrogens with zero attached hydrogens (tertiary/aromatic N) is 2. The van der Waals surface area contributed by atoms with E-state index < -0.39 is 12.0 Å². The number of aromatic nitrogens is 1. The number of fused-ring (bicyclic) bond motifs is 1. The van der Waals surface area contributed by atoms with E-state index in [4.69, 9.17) is 37.4 Å². The molecule has 0 bridgehead atoms. The van der Waals surface area contributed by atoms with Crippen LogP contribution in [0.4, 0.5) is 0 Å². The predicted molar refractivity (Wildman–Crippen MR) is 165 cm³/mol. The monoisotopic (exact) mass is 622 g/mol. The van der Waals surface area contributed by atoms with E-state index in [1.54, 1.807) is 42.7 Å². The summed E-state index contributed by atoms with van der Waals surface area (Å²) in [6.07, 6.45) is 1.73. The van der Waals surface area contributed by atoms with Crippen LogP contribution in [0.1, 0.15) is 42.1 Å². The Hall–Kier alpha value is -3.85. The molecule has 1 aliphatic rings. The van der Waals surface area contributed by atoms with Gasteiger partial charge in [-0.25, -0.2) is 9.79 Å². The van der Waals surface area contributed by atoms with Crippen LogP contribution in [0.15, 0.2) is 81.7 Å². The standard InChI is InChI=1S/C32H28Cl2N2O5S/c1-5-40-31(38)27-19(3)35-32-36(28(27)22-11-9-18(2)10-12-22)30(37)26(42-32)16-21-14-24(34)29(25(15-21)39-4)41-17-20-7-6-8-23(33)13-20/h6-16,28H,5,17H2,1-4H3/b26-16-/t28-/m0/s1. The highest BCUT2D eigenvalue weighted by Crippen LogP contribution is 2.37. The van der Waals surface area contributed by atoms with Crippen molar-refractivity contribution in [2.45, 2.75) is 33.4 Å². The molecule has 1 aliphatic heterocycles. The van der Waals surface area contributed by atoms with Gasteiger partial charge in [-0.3, -0.25) is 9.36 Å². The molecular formula is C32H28Cl2N2O5S. The van der Waals surface area contributed by atoms with Crippen LogP contribution in [0.2, 0.25) is 10.0 Å². The van der Waals surface area contributed by atoms with Gasteiger partial charge in [0.05, 0.1) is 40.6 Å². The molecule has 42 heavy (non-hydrogen) atoms. The van der Waals surface area contributed by atoms with Gasteiger partial charge in [0.2, 0.25) is 0 Å². The second-order valence-corrected chi connectivity index (χ2v) is 11.5. The van der Waals surface area contributed by atoms with Crippen molar-refractivity contribution in [3.8, 4) is 11.5 Å². The van der Waals surface area contributed by atoms with Gasteiger partial charge in [-0.05, 0) is 67.8 Å². The Morgan fingerprint density at radius 3 is 2.55 bits per heavy atom. The van der Waals surface area contributed by atoms with Crippen molar-refractivity contribution in [2.75, 3.05) is 13.7 Å². The van der Waals surface area contributed by atoms with Crippen molar-refractivity contribution in [2.24, 2.45) is 4.99 Å². The summed E-state index contributed by atoms with van der Waals surface area (Å²) in [4.78, 5) is 32.1. The molecule has 1 aromatic heterocycles. The maximum absolute atomic E-state index is 13.9. The highest BCUT2D eigenvalue weighted by Gasteiger charge is 2.33. The molecule has 10 heteroatoms. The number of halogens is 2.